The maximum atomic E-state index is 6.28. The topological polar surface area (TPSA) is 29.3 Å². The van der Waals surface area contributed by atoms with Gasteiger partial charge in [-0.3, -0.25) is 0 Å². The van der Waals surface area contributed by atoms with E-state index in [4.69, 9.17) is 9.40 Å². The molecule has 1 aliphatic rings. The highest BCUT2D eigenvalue weighted by atomic mass is 16.3. The van der Waals surface area contributed by atoms with Gasteiger partial charge in [0.05, 0.1) is 5.69 Å². The lowest BCUT2D eigenvalue weighted by Crippen LogP contribution is -2.10. The summed E-state index contributed by atoms with van der Waals surface area (Å²) in [6.45, 7) is 0. The van der Waals surface area contributed by atoms with Gasteiger partial charge in [0.25, 0.3) is 0 Å². The molecule has 0 saturated carbocycles. The zero-order valence-corrected chi connectivity index (χ0v) is 33.0. The molecule has 0 radical (unpaired) electrons. The Hall–Kier alpha value is -7.75. The summed E-state index contributed by atoms with van der Waals surface area (Å²) in [6.07, 6.45) is 8.83. The molecule has 0 spiro atoms. The third-order valence-electron chi connectivity index (χ3n) is 11.8. The fraction of sp³-hybridized carbons (Fsp3) is 0.0351. The Morgan fingerprint density at radius 2 is 1.07 bits per heavy atom. The van der Waals surface area contributed by atoms with Crippen LogP contribution in [-0.2, 0) is 0 Å². The Balaban J connectivity index is 1.03. The fourth-order valence-electron chi connectivity index (χ4n) is 8.81. The quantitative estimate of drug-likeness (QED) is 0.154. The number of hydrogen-bond donors (Lipinski definition) is 0. The number of hydrogen-bond acceptors (Lipinski definition) is 3. The molecule has 1 aliphatic carbocycles. The van der Waals surface area contributed by atoms with Crippen molar-refractivity contribution < 1.29 is 4.42 Å². The Morgan fingerprint density at radius 3 is 1.82 bits per heavy atom. The molecule has 3 nitrogen and oxygen atoms in total. The van der Waals surface area contributed by atoms with Gasteiger partial charge in [0.15, 0.2) is 5.58 Å². The van der Waals surface area contributed by atoms with E-state index in [0.29, 0.717) is 5.89 Å². The van der Waals surface area contributed by atoms with E-state index in [1.54, 1.807) is 0 Å². The number of nitrogens with zero attached hydrogens (tertiary/aromatic N) is 2. The minimum atomic E-state index is 0.631. The van der Waals surface area contributed by atoms with Crippen molar-refractivity contribution in [3.05, 3.63) is 224 Å². The normalized spacial score (nSPS) is 12.6. The van der Waals surface area contributed by atoms with Crippen molar-refractivity contribution >= 4 is 55.3 Å². The summed E-state index contributed by atoms with van der Waals surface area (Å²) < 4.78 is 6.28. The van der Waals surface area contributed by atoms with Crippen LogP contribution in [0.1, 0.15) is 18.4 Å². The minimum Gasteiger partial charge on any atom is -0.436 e. The van der Waals surface area contributed by atoms with Gasteiger partial charge >= 0.3 is 0 Å². The van der Waals surface area contributed by atoms with E-state index in [2.05, 4.69) is 187 Å². The number of fused-ring (bicyclic) bond motifs is 4. The van der Waals surface area contributed by atoms with Gasteiger partial charge in [-0.15, -0.1) is 0 Å². The van der Waals surface area contributed by atoms with Crippen molar-refractivity contribution in [2.45, 2.75) is 12.8 Å². The van der Waals surface area contributed by atoms with Crippen molar-refractivity contribution in [2.75, 3.05) is 4.90 Å². The summed E-state index contributed by atoms with van der Waals surface area (Å²) >= 11 is 0. The van der Waals surface area contributed by atoms with Gasteiger partial charge in [-0.2, -0.15) is 0 Å². The van der Waals surface area contributed by atoms with Crippen molar-refractivity contribution in [2.24, 2.45) is 0 Å². The highest BCUT2D eigenvalue weighted by Gasteiger charge is 2.19. The second-order valence-corrected chi connectivity index (χ2v) is 15.4. The van der Waals surface area contributed by atoms with Gasteiger partial charge in [-0.05, 0) is 123 Å². The Kier molecular flexibility index (Phi) is 8.98. The molecule has 0 bridgehead atoms. The Labute approximate surface area is 349 Å². The third-order valence-corrected chi connectivity index (χ3v) is 11.8. The first kappa shape index (κ1) is 35.4. The SMILES string of the molecule is C1=CCCC(c2ccccc2-c2ccc(N(c3ccc(-c4ccccc4)cc3)c3cccc4c(-c5ccc6ccc7oc(-c8ccccc8)nc7c6c5)cccc34)cc2)=C1. The first-order valence-electron chi connectivity index (χ1n) is 20.7. The maximum absolute atomic E-state index is 6.28. The molecular weight excluding hydrogens is 729 g/mol. The molecule has 0 unspecified atom stereocenters. The molecule has 60 heavy (non-hydrogen) atoms. The summed E-state index contributed by atoms with van der Waals surface area (Å²) in [5.41, 5.74) is 15.8. The molecule has 284 valence electrons. The smallest absolute Gasteiger partial charge is 0.227 e. The standard InChI is InChI=1S/C57H40N2O/c1-4-14-39(15-5-1)40-28-33-46(34-29-40)59(47-35-30-42(31-36-47)49-21-11-10-20-48(49)41-16-6-2-7-17-41)54-25-13-23-51-50(22-12-24-52(51)54)45-27-26-43-32-37-55-56(53(43)38-45)58-57(60-55)44-18-8-3-9-19-44/h1-6,8-16,18-38H,7,17H2. The monoisotopic (exact) mass is 768 g/mol. The molecule has 0 saturated heterocycles. The lowest BCUT2D eigenvalue weighted by molar-refractivity contribution is 0.620. The molecule has 10 aromatic rings. The molecular formula is C57H40N2O. The number of allylic oxidation sites excluding steroid dienone is 4. The van der Waals surface area contributed by atoms with Crippen LogP contribution in [0.25, 0.3) is 83.1 Å². The van der Waals surface area contributed by atoms with Crippen LogP contribution in [0.2, 0.25) is 0 Å². The first-order valence-corrected chi connectivity index (χ1v) is 20.7. The summed E-state index contributed by atoms with van der Waals surface area (Å²) in [5.74, 6) is 0.631. The summed E-state index contributed by atoms with van der Waals surface area (Å²) in [6, 6.07) is 71.7. The second kappa shape index (κ2) is 15.2. The van der Waals surface area contributed by atoms with E-state index in [0.717, 1.165) is 62.9 Å². The van der Waals surface area contributed by atoms with Crippen LogP contribution in [0.3, 0.4) is 0 Å². The zero-order valence-electron chi connectivity index (χ0n) is 33.0. The van der Waals surface area contributed by atoms with Crippen LogP contribution in [-0.4, -0.2) is 4.98 Å². The first-order chi connectivity index (χ1) is 29.7. The summed E-state index contributed by atoms with van der Waals surface area (Å²) in [4.78, 5) is 7.41. The van der Waals surface area contributed by atoms with Crippen molar-refractivity contribution in [3.63, 3.8) is 0 Å². The fourth-order valence-corrected chi connectivity index (χ4v) is 8.81. The van der Waals surface area contributed by atoms with Gasteiger partial charge < -0.3 is 9.32 Å². The van der Waals surface area contributed by atoms with Gasteiger partial charge in [-0.1, -0.05) is 164 Å². The maximum Gasteiger partial charge on any atom is 0.227 e. The van der Waals surface area contributed by atoms with Gasteiger partial charge in [0.2, 0.25) is 5.89 Å². The minimum absolute atomic E-state index is 0.631. The molecule has 0 N–H and O–H groups in total. The van der Waals surface area contributed by atoms with Crippen LogP contribution >= 0.6 is 0 Å². The van der Waals surface area contributed by atoms with E-state index in [9.17, 15) is 0 Å². The Morgan fingerprint density at radius 1 is 0.450 bits per heavy atom. The Bertz CT molecular complexity index is 3230. The average molecular weight is 769 g/mol. The van der Waals surface area contributed by atoms with Crippen LogP contribution in [0, 0.1) is 0 Å². The number of aromatic nitrogens is 1. The van der Waals surface area contributed by atoms with Crippen LogP contribution in [0.5, 0.6) is 0 Å². The molecule has 9 aromatic carbocycles. The van der Waals surface area contributed by atoms with Gasteiger partial charge in [-0.25, -0.2) is 4.98 Å². The lowest BCUT2D eigenvalue weighted by Gasteiger charge is -2.28. The third kappa shape index (κ3) is 6.47. The molecule has 3 heteroatoms. The predicted octanol–water partition coefficient (Wildman–Crippen LogP) is 16.0. The molecule has 1 aromatic heterocycles. The number of oxazole rings is 1. The molecule has 0 aliphatic heterocycles. The van der Waals surface area contributed by atoms with Crippen molar-refractivity contribution in [3.8, 4) is 44.8 Å². The number of rotatable bonds is 8. The van der Waals surface area contributed by atoms with Crippen LogP contribution in [0.4, 0.5) is 17.1 Å². The van der Waals surface area contributed by atoms with E-state index in [1.807, 2.05) is 36.4 Å². The average Bonchev–Trinajstić information content (AvgIpc) is 3.78. The molecule has 0 atom stereocenters. The van der Waals surface area contributed by atoms with Crippen LogP contribution in [0.15, 0.2) is 223 Å². The molecule has 0 fully saturated rings. The molecule has 1 heterocycles. The summed E-state index contributed by atoms with van der Waals surface area (Å²) in [7, 11) is 0. The molecule has 0 amide bonds. The highest BCUT2D eigenvalue weighted by Crippen LogP contribution is 2.43. The van der Waals surface area contributed by atoms with Crippen LogP contribution < -0.4 is 4.90 Å². The summed E-state index contributed by atoms with van der Waals surface area (Å²) in [5, 5.41) is 4.54. The molecule has 11 rings (SSSR count). The lowest BCUT2D eigenvalue weighted by atomic mass is 9.90. The highest BCUT2D eigenvalue weighted by molar-refractivity contribution is 6.09. The number of anilines is 3. The second-order valence-electron chi connectivity index (χ2n) is 15.4. The van der Waals surface area contributed by atoms with Gasteiger partial charge in [0, 0.05) is 27.7 Å². The van der Waals surface area contributed by atoms with Gasteiger partial charge in [0.1, 0.15) is 5.52 Å². The van der Waals surface area contributed by atoms with E-state index >= 15 is 0 Å². The number of benzene rings is 9. The van der Waals surface area contributed by atoms with E-state index < -0.39 is 0 Å². The van der Waals surface area contributed by atoms with E-state index in [1.165, 1.54) is 49.7 Å². The van der Waals surface area contributed by atoms with Crippen molar-refractivity contribution in [1.82, 2.24) is 4.98 Å². The van der Waals surface area contributed by atoms with Crippen molar-refractivity contribution in [1.29, 1.82) is 0 Å². The predicted molar refractivity (Wildman–Crippen MR) is 252 cm³/mol. The van der Waals surface area contributed by atoms with E-state index in [-0.39, 0.29) is 0 Å². The largest absolute Gasteiger partial charge is 0.436 e. The zero-order chi connectivity index (χ0) is 39.8.